The number of nitrogens with one attached hydrogen (secondary N) is 1. The highest BCUT2D eigenvalue weighted by atomic mass is 32.2. The molecule has 0 aliphatic heterocycles. The van der Waals surface area contributed by atoms with Gasteiger partial charge in [0.1, 0.15) is 0 Å². The summed E-state index contributed by atoms with van der Waals surface area (Å²) in [7, 11) is -3.54. The molecule has 4 bridgehead atoms. The minimum absolute atomic E-state index is 0.175. The van der Waals surface area contributed by atoms with Crippen LogP contribution in [-0.4, -0.2) is 15.0 Å². The Balaban J connectivity index is 1.51. The molecule has 1 aromatic carbocycles. The van der Waals surface area contributed by atoms with Gasteiger partial charge in [0, 0.05) is 6.54 Å². The van der Waals surface area contributed by atoms with Crippen LogP contribution in [0.5, 0.6) is 0 Å². The summed E-state index contributed by atoms with van der Waals surface area (Å²) in [5.41, 5.74) is 0.553. The van der Waals surface area contributed by atoms with Crippen LogP contribution in [0.15, 0.2) is 29.2 Å². The highest BCUT2D eigenvalue weighted by Crippen LogP contribution is 2.59. The van der Waals surface area contributed by atoms with Crippen LogP contribution in [0, 0.1) is 34.5 Å². The fourth-order valence-corrected chi connectivity index (χ4v) is 6.77. The average molecular weight is 330 g/mol. The molecule has 4 aliphatic carbocycles. The predicted molar refractivity (Wildman–Crippen MR) is 87.0 cm³/mol. The minimum atomic E-state index is -3.54. The van der Waals surface area contributed by atoms with Crippen LogP contribution in [0.1, 0.15) is 44.1 Å². The van der Waals surface area contributed by atoms with E-state index in [4.69, 9.17) is 5.26 Å². The maximum Gasteiger partial charge on any atom is 0.240 e. The molecule has 122 valence electrons. The van der Waals surface area contributed by atoms with Gasteiger partial charge in [0.2, 0.25) is 10.0 Å². The maximum absolute atomic E-state index is 12.6. The molecule has 4 nitrogen and oxygen atoms in total. The number of hydrogen-bond acceptors (Lipinski definition) is 3. The molecule has 4 saturated carbocycles. The van der Waals surface area contributed by atoms with Gasteiger partial charge in [0.25, 0.3) is 0 Å². The summed E-state index contributed by atoms with van der Waals surface area (Å²) in [5, 5.41) is 8.95. The molecule has 0 unspecified atom stereocenters. The Hall–Kier alpha value is -1.38. The van der Waals surface area contributed by atoms with Gasteiger partial charge in [-0.1, -0.05) is 6.07 Å². The van der Waals surface area contributed by atoms with Gasteiger partial charge in [-0.25, -0.2) is 13.1 Å². The van der Waals surface area contributed by atoms with Crippen molar-refractivity contribution in [1.29, 1.82) is 5.26 Å². The molecule has 4 fully saturated rings. The van der Waals surface area contributed by atoms with Crippen molar-refractivity contribution < 1.29 is 8.42 Å². The molecule has 0 radical (unpaired) electrons. The molecule has 0 saturated heterocycles. The number of nitriles is 1. The number of benzene rings is 1. The van der Waals surface area contributed by atoms with Crippen LogP contribution < -0.4 is 4.72 Å². The summed E-state index contributed by atoms with van der Waals surface area (Å²) in [5.74, 6) is 2.44. The van der Waals surface area contributed by atoms with Crippen LogP contribution in [-0.2, 0) is 10.0 Å². The van der Waals surface area contributed by atoms with Crippen molar-refractivity contribution in [2.75, 3.05) is 6.54 Å². The summed E-state index contributed by atoms with van der Waals surface area (Å²) in [6.45, 7) is 0.551. The van der Waals surface area contributed by atoms with E-state index in [0.29, 0.717) is 12.1 Å². The second-order valence-corrected chi connectivity index (χ2v) is 9.65. The van der Waals surface area contributed by atoms with E-state index in [9.17, 15) is 8.42 Å². The summed E-state index contributed by atoms with van der Waals surface area (Å²) >= 11 is 0. The fraction of sp³-hybridized carbons (Fsp3) is 0.611. The molecular formula is C18H22N2O2S. The van der Waals surface area contributed by atoms with Crippen molar-refractivity contribution in [2.45, 2.75) is 43.4 Å². The molecule has 5 heteroatoms. The van der Waals surface area contributed by atoms with Crippen molar-refractivity contribution in [3.63, 3.8) is 0 Å². The zero-order valence-corrected chi connectivity index (χ0v) is 14.0. The standard InChI is InChI=1S/C18H22N2O2S/c19-11-13-2-1-3-17(7-13)23(21,22)20-12-18-8-14-4-15(9-18)6-16(5-14)10-18/h1-3,7,14-16,20H,4-6,8-10,12H2. The van der Waals surface area contributed by atoms with Crippen LogP contribution in [0.4, 0.5) is 0 Å². The minimum Gasteiger partial charge on any atom is -0.211 e. The van der Waals surface area contributed by atoms with Crippen molar-refractivity contribution in [2.24, 2.45) is 23.2 Å². The molecule has 0 heterocycles. The molecule has 4 aliphatic rings. The van der Waals surface area contributed by atoms with Gasteiger partial charge >= 0.3 is 0 Å². The summed E-state index contributed by atoms with van der Waals surface area (Å²) in [6, 6.07) is 8.25. The lowest BCUT2D eigenvalue weighted by Crippen LogP contribution is -2.51. The summed E-state index contributed by atoms with van der Waals surface area (Å²) in [4.78, 5) is 0.196. The maximum atomic E-state index is 12.6. The lowest BCUT2D eigenvalue weighted by Gasteiger charge is -2.56. The molecule has 1 aromatic rings. The topological polar surface area (TPSA) is 70.0 Å². The van der Waals surface area contributed by atoms with Gasteiger partial charge in [-0.2, -0.15) is 5.26 Å². The van der Waals surface area contributed by atoms with Crippen molar-refractivity contribution in [1.82, 2.24) is 4.72 Å². The van der Waals surface area contributed by atoms with E-state index < -0.39 is 10.0 Å². The summed E-state index contributed by atoms with van der Waals surface area (Å²) < 4.78 is 28.0. The van der Waals surface area contributed by atoms with Crippen LogP contribution in [0.3, 0.4) is 0 Å². The van der Waals surface area contributed by atoms with Crippen LogP contribution >= 0.6 is 0 Å². The van der Waals surface area contributed by atoms with Crippen LogP contribution in [0.2, 0.25) is 0 Å². The van der Waals surface area contributed by atoms with Crippen molar-refractivity contribution in [3.8, 4) is 6.07 Å². The number of sulfonamides is 1. The lowest BCUT2D eigenvalue weighted by atomic mass is 9.50. The Morgan fingerprint density at radius 1 is 1.13 bits per heavy atom. The first-order chi connectivity index (χ1) is 11.0. The fourth-order valence-electron chi connectivity index (χ4n) is 5.57. The smallest absolute Gasteiger partial charge is 0.211 e. The largest absolute Gasteiger partial charge is 0.240 e. The Bertz CT molecular complexity index is 728. The van der Waals surface area contributed by atoms with E-state index in [1.165, 1.54) is 44.6 Å². The van der Waals surface area contributed by atoms with Gasteiger partial charge < -0.3 is 0 Å². The number of hydrogen-bond donors (Lipinski definition) is 1. The number of rotatable bonds is 4. The molecule has 0 aromatic heterocycles. The van der Waals surface area contributed by atoms with Crippen molar-refractivity contribution >= 4 is 10.0 Å². The van der Waals surface area contributed by atoms with Gasteiger partial charge in [0.05, 0.1) is 16.5 Å². The van der Waals surface area contributed by atoms with E-state index >= 15 is 0 Å². The molecular weight excluding hydrogens is 308 g/mol. The van der Waals surface area contributed by atoms with Gasteiger partial charge in [0.15, 0.2) is 0 Å². The van der Waals surface area contributed by atoms with E-state index in [2.05, 4.69) is 4.72 Å². The normalized spacial score (nSPS) is 35.2. The molecule has 23 heavy (non-hydrogen) atoms. The third kappa shape index (κ3) is 2.79. The monoisotopic (exact) mass is 330 g/mol. The Labute approximate surface area is 137 Å². The van der Waals surface area contributed by atoms with Gasteiger partial charge in [-0.3, -0.25) is 0 Å². The van der Waals surface area contributed by atoms with E-state index in [0.717, 1.165) is 17.8 Å². The van der Waals surface area contributed by atoms with E-state index in [-0.39, 0.29) is 10.3 Å². The molecule has 0 spiro atoms. The first-order valence-electron chi connectivity index (χ1n) is 8.48. The third-order valence-corrected chi connectivity index (χ3v) is 7.47. The Kier molecular flexibility index (Phi) is 3.51. The molecule has 5 rings (SSSR count). The molecule has 0 amide bonds. The van der Waals surface area contributed by atoms with E-state index in [1.807, 2.05) is 6.07 Å². The second-order valence-electron chi connectivity index (χ2n) is 7.88. The highest BCUT2D eigenvalue weighted by Gasteiger charge is 2.50. The number of nitrogens with zero attached hydrogens (tertiary/aromatic N) is 1. The third-order valence-electron chi connectivity index (χ3n) is 6.08. The lowest BCUT2D eigenvalue weighted by molar-refractivity contribution is -0.0487. The first kappa shape index (κ1) is 15.2. The zero-order chi connectivity index (χ0) is 16.1. The van der Waals surface area contributed by atoms with Crippen molar-refractivity contribution in [3.05, 3.63) is 29.8 Å². The quantitative estimate of drug-likeness (QED) is 0.922. The molecule has 1 N–H and O–H groups in total. The average Bonchev–Trinajstić information content (AvgIpc) is 2.52. The zero-order valence-electron chi connectivity index (χ0n) is 13.2. The molecule has 0 atom stereocenters. The Morgan fingerprint density at radius 3 is 2.30 bits per heavy atom. The predicted octanol–water partition coefficient (Wildman–Crippen LogP) is 3.05. The first-order valence-corrected chi connectivity index (χ1v) is 9.96. The van der Waals surface area contributed by atoms with Gasteiger partial charge in [-0.15, -0.1) is 0 Å². The summed E-state index contributed by atoms with van der Waals surface area (Å²) in [6.07, 6.45) is 7.61. The highest BCUT2D eigenvalue weighted by molar-refractivity contribution is 7.89. The van der Waals surface area contributed by atoms with Gasteiger partial charge in [-0.05, 0) is 79.9 Å². The van der Waals surface area contributed by atoms with E-state index in [1.54, 1.807) is 18.2 Å². The SMILES string of the molecule is N#Cc1cccc(S(=O)(=O)NCC23CC4CC(CC(C4)C2)C3)c1. The Morgan fingerprint density at radius 2 is 1.74 bits per heavy atom. The van der Waals surface area contributed by atoms with Crippen LogP contribution in [0.25, 0.3) is 0 Å². The second kappa shape index (κ2) is 5.32.